The summed E-state index contributed by atoms with van der Waals surface area (Å²) in [7, 11) is 0. The summed E-state index contributed by atoms with van der Waals surface area (Å²) in [5, 5.41) is 12.0. The van der Waals surface area contributed by atoms with Crippen molar-refractivity contribution in [1.29, 1.82) is 0 Å². The van der Waals surface area contributed by atoms with E-state index in [2.05, 4.69) is 41.5 Å². The number of benzene rings is 1. The smallest absolute Gasteiger partial charge is 0.0858 e. The lowest BCUT2D eigenvalue weighted by atomic mass is 9.57. The first-order chi connectivity index (χ1) is 10.2. The molecule has 1 aliphatic carbocycles. The molecular formula is C16H20N4O. The van der Waals surface area contributed by atoms with Gasteiger partial charge in [0.25, 0.3) is 0 Å². The van der Waals surface area contributed by atoms with Crippen LogP contribution >= 0.6 is 0 Å². The SMILES string of the molecule is CC1(C)C(Nc2ccc(-n3nccn3)cc2)C2CCOC21. The topological polar surface area (TPSA) is 52.0 Å². The van der Waals surface area contributed by atoms with Gasteiger partial charge in [-0.2, -0.15) is 15.0 Å². The van der Waals surface area contributed by atoms with Crippen LogP contribution in [0.5, 0.6) is 0 Å². The molecule has 1 aromatic carbocycles. The van der Waals surface area contributed by atoms with Crippen LogP contribution in [0, 0.1) is 11.3 Å². The molecule has 2 aromatic rings. The van der Waals surface area contributed by atoms with Gasteiger partial charge in [-0.05, 0) is 30.7 Å². The molecule has 0 spiro atoms. The Morgan fingerprint density at radius 1 is 1.19 bits per heavy atom. The van der Waals surface area contributed by atoms with Crippen molar-refractivity contribution < 1.29 is 4.74 Å². The fraction of sp³-hybridized carbons (Fsp3) is 0.500. The van der Waals surface area contributed by atoms with Crippen LogP contribution in [-0.4, -0.2) is 33.7 Å². The average molecular weight is 284 g/mol. The second-order valence-corrected chi connectivity index (χ2v) is 6.55. The maximum Gasteiger partial charge on any atom is 0.0858 e. The fourth-order valence-electron chi connectivity index (χ4n) is 3.84. The Morgan fingerprint density at radius 2 is 1.90 bits per heavy atom. The van der Waals surface area contributed by atoms with Crippen molar-refractivity contribution in [3.63, 3.8) is 0 Å². The van der Waals surface area contributed by atoms with Crippen LogP contribution in [0.3, 0.4) is 0 Å². The summed E-state index contributed by atoms with van der Waals surface area (Å²) >= 11 is 0. The Hall–Kier alpha value is -1.88. The second kappa shape index (κ2) is 4.56. The molecule has 1 saturated carbocycles. The lowest BCUT2D eigenvalue weighted by Crippen LogP contribution is -2.63. The van der Waals surface area contributed by atoms with E-state index in [1.54, 1.807) is 17.2 Å². The van der Waals surface area contributed by atoms with Crippen molar-refractivity contribution in [1.82, 2.24) is 15.0 Å². The zero-order chi connectivity index (χ0) is 14.4. The van der Waals surface area contributed by atoms with Crippen molar-refractivity contribution in [3.8, 4) is 5.69 Å². The summed E-state index contributed by atoms with van der Waals surface area (Å²) in [6.07, 6.45) is 4.95. The first-order valence-electron chi connectivity index (χ1n) is 7.51. The number of nitrogens with zero attached hydrogens (tertiary/aromatic N) is 3. The molecule has 5 heteroatoms. The molecule has 4 rings (SSSR count). The van der Waals surface area contributed by atoms with Crippen molar-refractivity contribution in [3.05, 3.63) is 36.7 Å². The van der Waals surface area contributed by atoms with Gasteiger partial charge in [0.2, 0.25) is 0 Å². The van der Waals surface area contributed by atoms with Gasteiger partial charge >= 0.3 is 0 Å². The van der Waals surface area contributed by atoms with Gasteiger partial charge in [-0.1, -0.05) is 13.8 Å². The molecule has 2 aliphatic rings. The number of ether oxygens (including phenoxy) is 1. The van der Waals surface area contributed by atoms with Gasteiger partial charge in [-0.15, -0.1) is 0 Å². The third-order valence-electron chi connectivity index (χ3n) is 4.94. The van der Waals surface area contributed by atoms with Crippen molar-refractivity contribution in [2.24, 2.45) is 11.3 Å². The quantitative estimate of drug-likeness (QED) is 0.941. The molecule has 2 fully saturated rings. The Morgan fingerprint density at radius 3 is 2.62 bits per heavy atom. The number of hydrogen-bond donors (Lipinski definition) is 1. The molecule has 0 radical (unpaired) electrons. The summed E-state index contributed by atoms with van der Waals surface area (Å²) < 4.78 is 5.84. The molecule has 3 atom stereocenters. The number of hydrogen-bond acceptors (Lipinski definition) is 4. The van der Waals surface area contributed by atoms with Gasteiger partial charge in [0.05, 0.1) is 24.2 Å². The van der Waals surface area contributed by atoms with Gasteiger partial charge in [0.1, 0.15) is 0 Å². The molecule has 5 nitrogen and oxygen atoms in total. The molecule has 1 aliphatic heterocycles. The fourth-order valence-corrected chi connectivity index (χ4v) is 3.84. The zero-order valence-electron chi connectivity index (χ0n) is 12.4. The van der Waals surface area contributed by atoms with Crippen LogP contribution in [0.15, 0.2) is 36.7 Å². The third-order valence-corrected chi connectivity index (χ3v) is 4.94. The van der Waals surface area contributed by atoms with E-state index in [-0.39, 0.29) is 5.41 Å². The first-order valence-corrected chi connectivity index (χ1v) is 7.51. The summed E-state index contributed by atoms with van der Waals surface area (Å²) in [6, 6.07) is 8.75. The van der Waals surface area contributed by atoms with Crippen molar-refractivity contribution in [2.75, 3.05) is 11.9 Å². The highest BCUT2D eigenvalue weighted by atomic mass is 16.5. The van der Waals surface area contributed by atoms with Gasteiger partial charge < -0.3 is 10.1 Å². The molecular weight excluding hydrogens is 264 g/mol. The highest BCUT2D eigenvalue weighted by Crippen LogP contribution is 2.53. The van der Waals surface area contributed by atoms with Crippen LogP contribution in [0.1, 0.15) is 20.3 Å². The zero-order valence-corrected chi connectivity index (χ0v) is 12.4. The monoisotopic (exact) mass is 284 g/mol. The van der Waals surface area contributed by atoms with E-state index in [9.17, 15) is 0 Å². The lowest BCUT2D eigenvalue weighted by molar-refractivity contribution is -0.0923. The minimum Gasteiger partial charge on any atom is -0.381 e. The molecule has 2 heterocycles. The summed E-state index contributed by atoms with van der Waals surface area (Å²) in [5.41, 5.74) is 2.32. The normalized spacial score (nSPS) is 29.7. The van der Waals surface area contributed by atoms with Crippen LogP contribution in [-0.2, 0) is 4.74 Å². The average Bonchev–Trinajstić information content (AvgIpc) is 3.16. The molecule has 1 aromatic heterocycles. The molecule has 1 N–H and O–H groups in total. The maximum absolute atomic E-state index is 5.84. The Kier molecular flexibility index (Phi) is 2.79. The van der Waals surface area contributed by atoms with Crippen molar-refractivity contribution in [2.45, 2.75) is 32.4 Å². The van der Waals surface area contributed by atoms with Crippen LogP contribution in [0.2, 0.25) is 0 Å². The Balaban J connectivity index is 1.50. The first kappa shape index (κ1) is 12.8. The van der Waals surface area contributed by atoms with E-state index in [4.69, 9.17) is 4.74 Å². The van der Waals surface area contributed by atoms with Gasteiger partial charge in [-0.25, -0.2) is 0 Å². The highest BCUT2D eigenvalue weighted by molar-refractivity contribution is 5.50. The second-order valence-electron chi connectivity index (χ2n) is 6.55. The van der Waals surface area contributed by atoms with E-state index in [0.717, 1.165) is 18.0 Å². The number of nitrogens with one attached hydrogen (secondary N) is 1. The largest absolute Gasteiger partial charge is 0.381 e. The summed E-state index contributed by atoms with van der Waals surface area (Å²) in [6.45, 7) is 5.49. The molecule has 0 bridgehead atoms. The molecule has 0 amide bonds. The van der Waals surface area contributed by atoms with Gasteiger partial charge in [-0.3, -0.25) is 0 Å². The Bertz CT molecular complexity index is 620. The van der Waals surface area contributed by atoms with E-state index in [1.165, 1.54) is 6.42 Å². The standard InChI is InChI=1S/C16H20N4O/c1-16(2)14(13-7-10-21-15(13)16)19-11-3-5-12(6-4-11)20-17-8-9-18-20/h3-6,8-9,13-15,19H,7,10H2,1-2H3. The van der Waals surface area contributed by atoms with Crippen molar-refractivity contribution >= 4 is 5.69 Å². The Labute approximate surface area is 124 Å². The lowest BCUT2D eigenvalue weighted by Gasteiger charge is -2.55. The van der Waals surface area contributed by atoms with E-state index in [1.807, 2.05) is 12.1 Å². The minimum atomic E-state index is 0.198. The molecule has 110 valence electrons. The highest BCUT2D eigenvalue weighted by Gasteiger charge is 2.59. The van der Waals surface area contributed by atoms with Crippen LogP contribution < -0.4 is 5.32 Å². The predicted octanol–water partition coefficient (Wildman–Crippen LogP) is 2.49. The molecule has 3 unspecified atom stereocenters. The van der Waals surface area contributed by atoms with Crippen LogP contribution in [0.25, 0.3) is 5.69 Å². The summed E-state index contributed by atoms with van der Waals surface area (Å²) in [5.74, 6) is 0.646. The number of aromatic nitrogens is 3. The van der Waals surface area contributed by atoms with E-state index >= 15 is 0 Å². The van der Waals surface area contributed by atoms with Gasteiger partial charge in [0.15, 0.2) is 0 Å². The van der Waals surface area contributed by atoms with E-state index in [0.29, 0.717) is 18.1 Å². The number of anilines is 1. The summed E-state index contributed by atoms with van der Waals surface area (Å²) in [4.78, 5) is 1.62. The van der Waals surface area contributed by atoms with Gasteiger partial charge in [0, 0.05) is 29.7 Å². The number of fused-ring (bicyclic) bond motifs is 1. The molecule has 21 heavy (non-hydrogen) atoms. The minimum absolute atomic E-state index is 0.198. The third kappa shape index (κ3) is 1.95. The predicted molar refractivity (Wildman–Crippen MR) is 80.4 cm³/mol. The number of rotatable bonds is 3. The molecule has 1 saturated heterocycles. The van der Waals surface area contributed by atoms with E-state index < -0.39 is 0 Å². The maximum atomic E-state index is 5.84. The van der Waals surface area contributed by atoms with Crippen LogP contribution in [0.4, 0.5) is 5.69 Å².